The van der Waals surface area contributed by atoms with Crippen LogP contribution in [0.5, 0.6) is 0 Å². The summed E-state index contributed by atoms with van der Waals surface area (Å²) in [5, 5.41) is 14.2. The van der Waals surface area contributed by atoms with E-state index in [2.05, 4.69) is 5.10 Å². The van der Waals surface area contributed by atoms with Crippen molar-refractivity contribution in [2.75, 3.05) is 0 Å². The minimum absolute atomic E-state index is 0.0521. The number of hydrogen-bond acceptors (Lipinski definition) is 3. The number of aryl methyl sites for hydroxylation is 1. The molecule has 0 bridgehead atoms. The van der Waals surface area contributed by atoms with Gasteiger partial charge < -0.3 is 10.1 Å². The summed E-state index contributed by atoms with van der Waals surface area (Å²) in [6, 6.07) is 0.164. The van der Waals surface area contributed by atoms with Crippen LogP contribution >= 0.6 is 0 Å². The monoisotopic (exact) mass is 169 g/mol. The van der Waals surface area contributed by atoms with E-state index in [0.29, 0.717) is 5.56 Å². The lowest BCUT2D eigenvalue weighted by Gasteiger charge is -1.96. The highest BCUT2D eigenvalue weighted by Gasteiger charge is 2.17. The molecule has 0 radical (unpaired) electrons. The first-order valence-corrected chi connectivity index (χ1v) is 3.72. The van der Waals surface area contributed by atoms with Crippen LogP contribution in [0.2, 0.25) is 0 Å². The van der Waals surface area contributed by atoms with Crippen LogP contribution in [0.1, 0.15) is 25.5 Å². The van der Waals surface area contributed by atoms with Crippen molar-refractivity contribution < 1.29 is 4.92 Å². The van der Waals surface area contributed by atoms with Gasteiger partial charge in [0.1, 0.15) is 0 Å². The van der Waals surface area contributed by atoms with E-state index < -0.39 is 4.92 Å². The number of nitro groups is 1. The Bertz CT molecular complexity index is 304. The van der Waals surface area contributed by atoms with Crippen molar-refractivity contribution in [1.29, 1.82) is 0 Å². The van der Waals surface area contributed by atoms with E-state index >= 15 is 0 Å². The summed E-state index contributed by atoms with van der Waals surface area (Å²) in [6.07, 6.45) is 1.68. The van der Waals surface area contributed by atoms with E-state index in [4.69, 9.17) is 0 Å². The van der Waals surface area contributed by atoms with Crippen molar-refractivity contribution in [1.82, 2.24) is 9.78 Å². The molecule has 66 valence electrons. The summed E-state index contributed by atoms with van der Waals surface area (Å²) >= 11 is 0. The molecule has 0 spiro atoms. The quantitative estimate of drug-likeness (QED) is 0.499. The molecule has 0 atom stereocenters. The highest BCUT2D eigenvalue weighted by Crippen LogP contribution is 2.16. The number of rotatable bonds is 2. The van der Waals surface area contributed by atoms with Crippen LogP contribution in [0.4, 0.5) is 5.82 Å². The van der Waals surface area contributed by atoms with Crippen LogP contribution in [0.25, 0.3) is 0 Å². The second-order valence-corrected chi connectivity index (χ2v) is 2.97. The average Bonchev–Trinajstić information content (AvgIpc) is 2.30. The fourth-order valence-corrected chi connectivity index (χ4v) is 0.918. The Morgan fingerprint density at radius 3 is 2.50 bits per heavy atom. The van der Waals surface area contributed by atoms with E-state index in [1.165, 1.54) is 0 Å². The summed E-state index contributed by atoms with van der Waals surface area (Å²) in [4.78, 5) is 9.92. The fourth-order valence-electron chi connectivity index (χ4n) is 0.918. The van der Waals surface area contributed by atoms with Crippen molar-refractivity contribution in [2.24, 2.45) is 0 Å². The molecular weight excluding hydrogens is 158 g/mol. The van der Waals surface area contributed by atoms with E-state index in [0.717, 1.165) is 0 Å². The molecule has 0 saturated carbocycles. The van der Waals surface area contributed by atoms with Gasteiger partial charge in [0.25, 0.3) is 0 Å². The Kier molecular flexibility index (Phi) is 2.12. The molecule has 1 aromatic heterocycles. The summed E-state index contributed by atoms with van der Waals surface area (Å²) in [5.74, 6) is -0.0521. The minimum atomic E-state index is -0.464. The number of nitrogens with zero attached hydrogens (tertiary/aromatic N) is 3. The van der Waals surface area contributed by atoms with Gasteiger partial charge >= 0.3 is 5.82 Å². The van der Waals surface area contributed by atoms with Gasteiger partial charge in [0.05, 0.1) is 22.9 Å². The summed E-state index contributed by atoms with van der Waals surface area (Å²) < 4.78 is 1.59. The minimum Gasteiger partial charge on any atom is -0.358 e. The van der Waals surface area contributed by atoms with Gasteiger partial charge in [-0.2, -0.15) is 4.68 Å². The SMILES string of the molecule is Cc1cn(C(C)C)nc1[N+](=O)[O-]. The smallest absolute Gasteiger partial charge is 0.358 e. The Hall–Kier alpha value is -1.39. The second-order valence-electron chi connectivity index (χ2n) is 2.97. The molecule has 0 aliphatic rings. The van der Waals surface area contributed by atoms with Gasteiger partial charge in [-0.05, 0) is 25.7 Å². The molecule has 0 amide bonds. The van der Waals surface area contributed by atoms with Crippen molar-refractivity contribution in [3.05, 3.63) is 21.9 Å². The van der Waals surface area contributed by atoms with Gasteiger partial charge in [-0.1, -0.05) is 0 Å². The molecule has 0 fully saturated rings. The molecule has 5 nitrogen and oxygen atoms in total. The molecule has 0 unspecified atom stereocenters. The van der Waals surface area contributed by atoms with Gasteiger partial charge in [0.15, 0.2) is 0 Å². The molecule has 0 aliphatic heterocycles. The normalized spacial score (nSPS) is 10.7. The zero-order valence-corrected chi connectivity index (χ0v) is 7.31. The lowest BCUT2D eigenvalue weighted by atomic mass is 10.4. The second kappa shape index (κ2) is 2.92. The van der Waals surface area contributed by atoms with E-state index in [9.17, 15) is 10.1 Å². The summed E-state index contributed by atoms with van der Waals surface area (Å²) in [7, 11) is 0. The largest absolute Gasteiger partial charge is 0.392 e. The summed E-state index contributed by atoms with van der Waals surface area (Å²) in [6.45, 7) is 5.54. The lowest BCUT2D eigenvalue weighted by molar-refractivity contribution is -0.390. The van der Waals surface area contributed by atoms with Crippen LogP contribution in [-0.4, -0.2) is 14.7 Å². The topological polar surface area (TPSA) is 61.0 Å². The van der Waals surface area contributed by atoms with Crippen LogP contribution < -0.4 is 0 Å². The third-order valence-electron chi connectivity index (χ3n) is 1.59. The van der Waals surface area contributed by atoms with Crippen molar-refractivity contribution in [3.8, 4) is 0 Å². The Balaban J connectivity index is 3.09. The van der Waals surface area contributed by atoms with Gasteiger partial charge in [0.2, 0.25) is 0 Å². The molecule has 0 saturated heterocycles. The molecule has 5 heteroatoms. The van der Waals surface area contributed by atoms with Gasteiger partial charge in [0, 0.05) is 0 Å². The van der Waals surface area contributed by atoms with Crippen molar-refractivity contribution >= 4 is 5.82 Å². The van der Waals surface area contributed by atoms with E-state index in [1.807, 2.05) is 13.8 Å². The molecule has 0 aromatic carbocycles. The molecular formula is C7H11N3O2. The molecule has 1 rings (SSSR count). The maximum Gasteiger partial charge on any atom is 0.392 e. The highest BCUT2D eigenvalue weighted by atomic mass is 16.6. The zero-order chi connectivity index (χ0) is 9.30. The molecule has 12 heavy (non-hydrogen) atoms. The number of aromatic nitrogens is 2. The Morgan fingerprint density at radius 2 is 2.25 bits per heavy atom. The summed E-state index contributed by atoms with van der Waals surface area (Å²) in [5.41, 5.74) is 0.605. The maximum atomic E-state index is 10.4. The predicted octanol–water partition coefficient (Wildman–Crippen LogP) is 1.68. The van der Waals surface area contributed by atoms with Crippen molar-refractivity contribution in [2.45, 2.75) is 26.8 Å². The molecule has 0 N–H and O–H groups in total. The third kappa shape index (κ3) is 1.44. The average molecular weight is 169 g/mol. The standard InChI is InChI=1S/C7H11N3O2/c1-5(2)9-4-6(3)7(8-9)10(11)12/h4-5H,1-3H3. The first kappa shape index (κ1) is 8.70. The predicted molar refractivity (Wildman–Crippen MR) is 44.0 cm³/mol. The zero-order valence-electron chi connectivity index (χ0n) is 7.31. The Morgan fingerprint density at radius 1 is 1.67 bits per heavy atom. The third-order valence-corrected chi connectivity index (χ3v) is 1.59. The molecule has 0 aliphatic carbocycles. The van der Waals surface area contributed by atoms with E-state index in [-0.39, 0.29) is 11.9 Å². The van der Waals surface area contributed by atoms with Crippen LogP contribution in [0.15, 0.2) is 6.20 Å². The highest BCUT2D eigenvalue weighted by molar-refractivity contribution is 5.28. The molecule has 1 heterocycles. The van der Waals surface area contributed by atoms with E-state index in [1.54, 1.807) is 17.8 Å². The van der Waals surface area contributed by atoms with Gasteiger partial charge in [-0.25, -0.2) is 0 Å². The first-order chi connectivity index (χ1) is 5.52. The lowest BCUT2D eigenvalue weighted by Crippen LogP contribution is -2.01. The fraction of sp³-hybridized carbons (Fsp3) is 0.571. The van der Waals surface area contributed by atoms with Crippen LogP contribution in [-0.2, 0) is 0 Å². The van der Waals surface area contributed by atoms with Gasteiger partial charge in [-0.3, -0.25) is 0 Å². The number of hydrogen-bond donors (Lipinski definition) is 0. The van der Waals surface area contributed by atoms with Crippen LogP contribution in [0, 0.1) is 17.0 Å². The van der Waals surface area contributed by atoms with Crippen molar-refractivity contribution in [3.63, 3.8) is 0 Å². The first-order valence-electron chi connectivity index (χ1n) is 3.72. The van der Waals surface area contributed by atoms with Crippen LogP contribution in [0.3, 0.4) is 0 Å². The maximum absolute atomic E-state index is 10.4. The van der Waals surface area contributed by atoms with Gasteiger partial charge in [-0.15, -0.1) is 0 Å². The molecule has 1 aromatic rings. The Labute approximate surface area is 70.2 Å².